The molecule has 0 amide bonds. The van der Waals surface area contributed by atoms with Crippen LogP contribution < -0.4 is 32.3 Å². The van der Waals surface area contributed by atoms with Crippen LogP contribution in [0, 0.1) is 5.53 Å². The summed E-state index contributed by atoms with van der Waals surface area (Å²) >= 11 is 0. The first-order valence-electron chi connectivity index (χ1n) is 14.5. The summed E-state index contributed by atoms with van der Waals surface area (Å²) in [5.74, 6) is 0.0719. The van der Waals surface area contributed by atoms with Crippen molar-refractivity contribution < 1.29 is 9.90 Å². The lowest BCUT2D eigenvalue weighted by atomic mass is 9.95. The summed E-state index contributed by atoms with van der Waals surface area (Å²) in [5, 5.41) is 30.3. The molecule has 1 atom stereocenters. The molecule has 0 radical (unpaired) electrons. The Hall–Kier alpha value is -3.35. The highest BCUT2D eigenvalue weighted by atomic mass is 16.4. The number of hydrogen-bond acceptors (Lipinski definition) is 11. The van der Waals surface area contributed by atoms with Crippen LogP contribution in [0.2, 0.25) is 0 Å². The van der Waals surface area contributed by atoms with Gasteiger partial charge in [-0.25, -0.2) is 10.5 Å². The monoisotopic (exact) mass is 554 g/mol. The van der Waals surface area contributed by atoms with Crippen molar-refractivity contribution >= 4 is 28.6 Å². The van der Waals surface area contributed by atoms with Gasteiger partial charge in [0.1, 0.15) is 11.9 Å². The van der Waals surface area contributed by atoms with Gasteiger partial charge in [-0.2, -0.15) is 10.1 Å². The normalized spacial score (nSPS) is 15.1. The molecule has 1 aromatic carbocycles. The summed E-state index contributed by atoms with van der Waals surface area (Å²) in [5.41, 5.74) is 14.4. The molecule has 0 bridgehead atoms. The molecule has 0 aliphatic heterocycles. The van der Waals surface area contributed by atoms with E-state index in [-0.39, 0.29) is 0 Å². The number of rotatable bonds is 20. The van der Waals surface area contributed by atoms with Gasteiger partial charge >= 0.3 is 5.97 Å². The minimum Gasteiger partial charge on any atom is -0.480 e. The van der Waals surface area contributed by atoms with Crippen molar-refractivity contribution in [1.29, 1.82) is 5.53 Å². The number of nitrogens with zero attached hydrogens (tertiary/aromatic N) is 3. The maximum atomic E-state index is 10.9. The van der Waals surface area contributed by atoms with Gasteiger partial charge in [-0.15, -0.1) is 0 Å². The number of aliphatic carboxylic acids is 1. The first-order chi connectivity index (χ1) is 19.6. The molecule has 9 N–H and O–H groups in total. The van der Waals surface area contributed by atoms with E-state index in [2.05, 4.69) is 41.7 Å². The standard InChI is InChI=1S/C28H46N10O2/c29-24(27(39)40)12-6-17-34-26-23-11-4-5-13-25(23)36-28(37-26)35-20-22(38-30)19-32-16-7-14-31-15-8-18-33-21-9-2-1-3-10-21/h4-5,11,13,19,21,24,30-33H,1-3,6-10,12,14-18,20,29H2,(H,39,40)(H2,34,35,36,37)/b22-19-,38-30?/t24-/m0/s1. The molecule has 1 aliphatic rings. The average molecular weight is 555 g/mol. The van der Waals surface area contributed by atoms with Gasteiger partial charge in [0.25, 0.3) is 0 Å². The fraction of sp³-hybridized carbons (Fsp3) is 0.607. The fourth-order valence-electron chi connectivity index (χ4n) is 4.69. The Kier molecular flexibility index (Phi) is 14.1. The smallest absolute Gasteiger partial charge is 0.320 e. The van der Waals surface area contributed by atoms with Crippen molar-refractivity contribution in [3.63, 3.8) is 0 Å². The molecule has 1 heterocycles. The second-order valence-corrected chi connectivity index (χ2v) is 10.2. The van der Waals surface area contributed by atoms with Gasteiger partial charge in [-0.05, 0) is 70.3 Å². The highest BCUT2D eigenvalue weighted by molar-refractivity contribution is 5.90. The quantitative estimate of drug-likeness (QED) is 0.0890. The summed E-state index contributed by atoms with van der Waals surface area (Å²) < 4.78 is 0. The van der Waals surface area contributed by atoms with Crippen LogP contribution in [0.3, 0.4) is 0 Å². The first-order valence-corrected chi connectivity index (χ1v) is 14.5. The molecule has 1 saturated carbocycles. The summed E-state index contributed by atoms with van der Waals surface area (Å²) in [4.78, 5) is 20.1. The summed E-state index contributed by atoms with van der Waals surface area (Å²) in [6.45, 7) is 4.67. The minimum atomic E-state index is -0.998. The number of hydrogen-bond donors (Lipinski definition) is 8. The number of carboxylic acids is 1. The van der Waals surface area contributed by atoms with Gasteiger partial charge in [-0.1, -0.05) is 31.4 Å². The molecule has 3 rings (SSSR count). The van der Waals surface area contributed by atoms with Gasteiger partial charge in [0.2, 0.25) is 5.95 Å². The number of nitrogens with two attached hydrogens (primary N) is 1. The first kappa shape index (κ1) is 31.2. The van der Waals surface area contributed by atoms with E-state index >= 15 is 0 Å². The van der Waals surface area contributed by atoms with E-state index in [0.29, 0.717) is 43.4 Å². The molecule has 0 spiro atoms. The fourth-order valence-corrected chi connectivity index (χ4v) is 4.69. The highest BCUT2D eigenvalue weighted by Gasteiger charge is 2.12. The second-order valence-electron chi connectivity index (χ2n) is 10.2. The number of carboxylic acid groups (broad SMARTS) is 1. The van der Waals surface area contributed by atoms with Crippen molar-refractivity contribution in [3.05, 3.63) is 36.2 Å². The van der Waals surface area contributed by atoms with Crippen LogP contribution in [0.5, 0.6) is 0 Å². The number of benzene rings is 1. The minimum absolute atomic E-state index is 0.300. The van der Waals surface area contributed by atoms with Crippen molar-refractivity contribution in [2.24, 2.45) is 10.8 Å². The molecule has 1 aliphatic carbocycles. The van der Waals surface area contributed by atoms with E-state index < -0.39 is 12.0 Å². The highest BCUT2D eigenvalue weighted by Crippen LogP contribution is 2.22. The number of fused-ring (bicyclic) bond motifs is 1. The Morgan fingerprint density at radius 1 is 1.05 bits per heavy atom. The Bertz CT molecular complexity index is 1070. The van der Waals surface area contributed by atoms with Crippen molar-refractivity contribution in [1.82, 2.24) is 25.9 Å². The Balaban J connectivity index is 1.35. The van der Waals surface area contributed by atoms with E-state index in [4.69, 9.17) is 16.4 Å². The van der Waals surface area contributed by atoms with E-state index in [1.165, 1.54) is 32.1 Å². The van der Waals surface area contributed by atoms with Crippen LogP contribution in [-0.2, 0) is 4.79 Å². The molecule has 1 fully saturated rings. The number of carbonyl (C=O) groups is 1. The third-order valence-electron chi connectivity index (χ3n) is 6.99. The predicted octanol–water partition coefficient (Wildman–Crippen LogP) is 3.40. The largest absolute Gasteiger partial charge is 0.480 e. The molecule has 40 heavy (non-hydrogen) atoms. The van der Waals surface area contributed by atoms with Crippen LogP contribution in [0.15, 0.2) is 41.3 Å². The number of anilines is 2. The van der Waals surface area contributed by atoms with Crippen molar-refractivity contribution in [3.8, 4) is 0 Å². The molecule has 220 valence electrons. The van der Waals surface area contributed by atoms with Gasteiger partial charge in [0.05, 0.1) is 17.8 Å². The lowest BCUT2D eigenvalue weighted by Crippen LogP contribution is -2.33. The van der Waals surface area contributed by atoms with Crippen LogP contribution in [-0.4, -0.2) is 72.4 Å². The second kappa shape index (κ2) is 18.1. The van der Waals surface area contributed by atoms with E-state index in [1.54, 1.807) is 6.20 Å². The van der Waals surface area contributed by atoms with Crippen molar-refractivity contribution in [2.45, 2.75) is 69.9 Å². The zero-order valence-corrected chi connectivity index (χ0v) is 23.4. The molecular formula is C28H46N10O2. The summed E-state index contributed by atoms with van der Waals surface area (Å²) in [6, 6.07) is 7.52. The SMILES string of the molecule is N=N/C(=C\NCCCNCCCNC1CCCCC1)CNc1nc(NCCC[C@H](N)C(=O)O)c2ccccc2n1. The third kappa shape index (κ3) is 11.4. The molecular weight excluding hydrogens is 508 g/mol. The van der Waals surface area contributed by atoms with Crippen LogP contribution >= 0.6 is 0 Å². The molecule has 2 aromatic rings. The Labute approximate surface area is 236 Å². The number of nitrogens with one attached hydrogen (secondary N) is 6. The lowest BCUT2D eigenvalue weighted by molar-refractivity contribution is -0.138. The molecule has 0 saturated heterocycles. The van der Waals surface area contributed by atoms with E-state index in [9.17, 15) is 4.79 Å². The topological polar surface area (TPSA) is 185 Å². The lowest BCUT2D eigenvalue weighted by Gasteiger charge is -2.22. The van der Waals surface area contributed by atoms with E-state index in [0.717, 1.165) is 56.0 Å². The molecule has 1 aromatic heterocycles. The van der Waals surface area contributed by atoms with Gasteiger partial charge in [-0.3, -0.25) is 4.79 Å². The van der Waals surface area contributed by atoms with Crippen LogP contribution in [0.25, 0.3) is 10.9 Å². The summed E-state index contributed by atoms with van der Waals surface area (Å²) in [6.07, 6.45) is 11.6. The van der Waals surface area contributed by atoms with Crippen LogP contribution in [0.1, 0.15) is 57.8 Å². The molecule has 12 heteroatoms. The Morgan fingerprint density at radius 3 is 2.60 bits per heavy atom. The maximum Gasteiger partial charge on any atom is 0.320 e. The third-order valence-corrected chi connectivity index (χ3v) is 6.99. The predicted molar refractivity (Wildman–Crippen MR) is 160 cm³/mol. The zero-order valence-electron chi connectivity index (χ0n) is 23.4. The maximum absolute atomic E-state index is 10.9. The van der Waals surface area contributed by atoms with Gasteiger partial charge in [0, 0.05) is 30.7 Å². The van der Waals surface area contributed by atoms with Crippen molar-refractivity contribution in [2.75, 3.05) is 49.9 Å². The number of aromatic nitrogens is 2. The average Bonchev–Trinajstić information content (AvgIpc) is 2.98. The van der Waals surface area contributed by atoms with Gasteiger partial charge < -0.3 is 37.4 Å². The van der Waals surface area contributed by atoms with E-state index in [1.807, 2.05) is 24.3 Å². The van der Waals surface area contributed by atoms with Crippen LogP contribution in [0.4, 0.5) is 11.8 Å². The zero-order chi connectivity index (χ0) is 28.4. The molecule has 12 nitrogen and oxygen atoms in total. The number of para-hydroxylation sites is 1. The van der Waals surface area contributed by atoms with Gasteiger partial charge in [0.15, 0.2) is 0 Å². The summed E-state index contributed by atoms with van der Waals surface area (Å²) in [7, 11) is 0. The molecule has 0 unspecified atom stereocenters. The Morgan fingerprint density at radius 2 is 1.82 bits per heavy atom.